The second-order valence-corrected chi connectivity index (χ2v) is 8.18. The summed E-state index contributed by atoms with van der Waals surface area (Å²) in [6, 6.07) is 9.14. The number of aromatic nitrogens is 4. The molecule has 176 valence electrons. The quantitative estimate of drug-likeness (QED) is 0.382. The van der Waals surface area contributed by atoms with Crippen LogP contribution in [0, 0.1) is 18.6 Å². The van der Waals surface area contributed by atoms with E-state index in [1.165, 1.54) is 0 Å². The maximum atomic E-state index is 13.9. The molecule has 1 amide bonds. The lowest BCUT2D eigenvalue weighted by molar-refractivity contribution is -0.122. The molecule has 4 rings (SSSR count). The van der Waals surface area contributed by atoms with E-state index in [-0.39, 0.29) is 18.0 Å². The average molecular weight is 508 g/mol. The zero-order valence-electron chi connectivity index (χ0n) is 17.7. The van der Waals surface area contributed by atoms with E-state index in [1.54, 1.807) is 25.4 Å². The molecule has 0 aliphatic heterocycles. The van der Waals surface area contributed by atoms with E-state index in [2.05, 4.69) is 15.4 Å². The Bertz CT molecular complexity index is 1410. The molecule has 8 nitrogen and oxygen atoms in total. The molecule has 1 N–H and O–H groups in total. The first kappa shape index (κ1) is 23.7. The summed E-state index contributed by atoms with van der Waals surface area (Å²) in [6.07, 6.45) is 1.59. The molecule has 0 bridgehead atoms. The van der Waals surface area contributed by atoms with Crippen molar-refractivity contribution in [1.82, 2.24) is 24.6 Å². The fraction of sp³-hybridized carbons (Fsp3) is 0.182. The molecule has 0 radical (unpaired) electrons. The van der Waals surface area contributed by atoms with Gasteiger partial charge in [0.2, 0.25) is 5.91 Å². The van der Waals surface area contributed by atoms with E-state index in [0.717, 1.165) is 22.4 Å². The van der Waals surface area contributed by atoms with E-state index >= 15 is 0 Å². The first-order chi connectivity index (χ1) is 16.2. The van der Waals surface area contributed by atoms with Crippen molar-refractivity contribution in [2.75, 3.05) is 0 Å². The van der Waals surface area contributed by atoms with Gasteiger partial charge in [0, 0.05) is 29.4 Å². The lowest BCUT2D eigenvalue weighted by Gasteiger charge is -2.08. The van der Waals surface area contributed by atoms with E-state index in [9.17, 15) is 18.4 Å². The Balaban J connectivity index is 1.45. The number of carbonyl (C=O) groups excluding carboxylic acids is 1. The van der Waals surface area contributed by atoms with Crippen LogP contribution in [0.3, 0.4) is 0 Å². The Kier molecular flexibility index (Phi) is 6.80. The molecule has 12 heteroatoms. The Hall–Kier alpha value is -3.50. The van der Waals surface area contributed by atoms with Crippen LogP contribution in [0.25, 0.3) is 11.6 Å². The number of rotatable bonds is 7. The Morgan fingerprint density at radius 2 is 1.82 bits per heavy atom. The first-order valence-corrected chi connectivity index (χ1v) is 10.7. The minimum atomic E-state index is -0.869. The summed E-state index contributed by atoms with van der Waals surface area (Å²) < 4.78 is 35.2. The highest BCUT2D eigenvalue weighted by atomic mass is 35.5. The van der Waals surface area contributed by atoms with Crippen LogP contribution in [0.15, 0.2) is 51.9 Å². The van der Waals surface area contributed by atoms with E-state index < -0.39 is 34.9 Å². The van der Waals surface area contributed by atoms with Gasteiger partial charge in [0.1, 0.15) is 23.9 Å². The number of amides is 1. The largest absolute Gasteiger partial charge is 0.437 e. The normalized spacial score (nSPS) is 11.1. The minimum Gasteiger partial charge on any atom is -0.386 e. The topological polar surface area (TPSA) is 94.9 Å². The van der Waals surface area contributed by atoms with Gasteiger partial charge in [0.05, 0.1) is 11.3 Å². The molecular weight excluding hydrogens is 491 g/mol. The van der Waals surface area contributed by atoms with Gasteiger partial charge in [-0.15, -0.1) is 5.10 Å². The monoisotopic (exact) mass is 507 g/mol. The molecule has 0 atom stereocenters. The molecule has 0 saturated heterocycles. The van der Waals surface area contributed by atoms with Crippen LogP contribution < -0.4 is 11.1 Å². The molecule has 0 fully saturated rings. The summed E-state index contributed by atoms with van der Waals surface area (Å²) >= 11 is 11.7. The highest BCUT2D eigenvalue weighted by Gasteiger charge is 2.19. The minimum absolute atomic E-state index is 0.0515. The van der Waals surface area contributed by atoms with Crippen LogP contribution in [0.2, 0.25) is 10.0 Å². The van der Waals surface area contributed by atoms with Crippen LogP contribution in [0.1, 0.15) is 16.8 Å². The summed E-state index contributed by atoms with van der Waals surface area (Å²) in [4.78, 5) is 28.7. The van der Waals surface area contributed by atoms with Crippen LogP contribution >= 0.6 is 23.2 Å². The van der Waals surface area contributed by atoms with Gasteiger partial charge in [-0.05, 0) is 36.8 Å². The Labute approximate surface area is 201 Å². The lowest BCUT2D eigenvalue weighted by Crippen LogP contribution is -2.31. The number of benzene rings is 2. The number of nitrogens with zero attached hydrogens (tertiary/aromatic N) is 4. The highest BCUT2D eigenvalue weighted by Crippen LogP contribution is 2.23. The summed E-state index contributed by atoms with van der Waals surface area (Å²) in [6.45, 7) is 1.44. The van der Waals surface area contributed by atoms with Gasteiger partial charge in [-0.1, -0.05) is 35.3 Å². The third-order valence-electron chi connectivity index (χ3n) is 5.07. The third kappa shape index (κ3) is 5.02. The van der Waals surface area contributed by atoms with Crippen molar-refractivity contribution in [2.45, 2.75) is 26.6 Å². The molecule has 2 aromatic carbocycles. The van der Waals surface area contributed by atoms with Crippen molar-refractivity contribution in [3.05, 3.63) is 91.8 Å². The predicted octanol–water partition coefficient (Wildman–Crippen LogP) is 3.96. The Morgan fingerprint density at radius 1 is 1.12 bits per heavy atom. The number of imidazole rings is 1. The van der Waals surface area contributed by atoms with Crippen molar-refractivity contribution in [1.29, 1.82) is 0 Å². The summed E-state index contributed by atoms with van der Waals surface area (Å²) in [5.41, 5.74) is 1.84. The van der Waals surface area contributed by atoms with Gasteiger partial charge in [-0.2, -0.15) is 4.68 Å². The fourth-order valence-electron chi connectivity index (χ4n) is 3.21. The Morgan fingerprint density at radius 3 is 2.56 bits per heavy atom. The molecule has 34 heavy (non-hydrogen) atoms. The number of halogens is 4. The molecule has 0 unspecified atom stereocenters. The maximum absolute atomic E-state index is 13.9. The predicted molar refractivity (Wildman–Crippen MR) is 120 cm³/mol. The van der Waals surface area contributed by atoms with Crippen molar-refractivity contribution in [2.24, 2.45) is 0 Å². The summed E-state index contributed by atoms with van der Waals surface area (Å²) in [5.74, 6) is -3.17. The summed E-state index contributed by atoms with van der Waals surface area (Å²) in [7, 11) is 0. The molecule has 0 spiro atoms. The van der Waals surface area contributed by atoms with Gasteiger partial charge >= 0.3 is 5.76 Å². The second-order valence-electron chi connectivity index (χ2n) is 7.36. The second kappa shape index (κ2) is 9.78. The lowest BCUT2D eigenvalue weighted by atomic mass is 10.2. The van der Waals surface area contributed by atoms with E-state index in [4.69, 9.17) is 27.6 Å². The SMILES string of the molecule is Cc1c(-c2nn(CC(=O)NCc3c(F)ccc(F)c3Cl)c(=O)o2)ncn1Cc1ccc(Cl)cc1. The van der Waals surface area contributed by atoms with Crippen LogP contribution in [0.4, 0.5) is 8.78 Å². The van der Waals surface area contributed by atoms with Crippen molar-refractivity contribution < 1.29 is 18.0 Å². The summed E-state index contributed by atoms with van der Waals surface area (Å²) in [5, 5.41) is 6.63. The maximum Gasteiger partial charge on any atom is 0.437 e. The van der Waals surface area contributed by atoms with Gasteiger partial charge in [-0.25, -0.2) is 18.6 Å². The molecule has 0 aliphatic rings. The molecule has 4 aromatic rings. The van der Waals surface area contributed by atoms with Crippen LogP contribution in [-0.4, -0.2) is 25.2 Å². The number of carbonyl (C=O) groups is 1. The average Bonchev–Trinajstić information content (AvgIpc) is 3.34. The van der Waals surface area contributed by atoms with Gasteiger partial charge in [0.15, 0.2) is 0 Å². The standard InChI is InChI=1S/C22H17Cl2F2N5O3/c1-12-20(28-11-30(12)9-13-2-4-14(23)5-3-13)21-29-31(22(33)34-21)10-18(32)27-8-15-16(25)6-7-17(26)19(15)24/h2-7,11H,8-10H2,1H3,(H,27,32). The van der Waals surface area contributed by atoms with E-state index in [1.807, 2.05) is 16.7 Å². The van der Waals surface area contributed by atoms with Crippen molar-refractivity contribution in [3.63, 3.8) is 0 Å². The van der Waals surface area contributed by atoms with E-state index in [0.29, 0.717) is 23.0 Å². The highest BCUT2D eigenvalue weighted by molar-refractivity contribution is 6.31. The smallest absolute Gasteiger partial charge is 0.386 e. The number of nitrogens with one attached hydrogen (secondary N) is 1. The van der Waals surface area contributed by atoms with Gasteiger partial charge in [0.25, 0.3) is 5.89 Å². The molecule has 0 aliphatic carbocycles. The zero-order valence-corrected chi connectivity index (χ0v) is 19.2. The van der Waals surface area contributed by atoms with Crippen molar-refractivity contribution in [3.8, 4) is 11.6 Å². The van der Waals surface area contributed by atoms with Crippen molar-refractivity contribution >= 4 is 29.1 Å². The van der Waals surface area contributed by atoms with Crippen LogP contribution in [0.5, 0.6) is 0 Å². The number of hydrogen-bond acceptors (Lipinski definition) is 5. The fourth-order valence-corrected chi connectivity index (χ4v) is 3.56. The molecule has 2 aromatic heterocycles. The molecular formula is C22H17Cl2F2N5O3. The van der Waals surface area contributed by atoms with Crippen LogP contribution in [-0.2, 0) is 24.4 Å². The first-order valence-electron chi connectivity index (χ1n) is 9.96. The number of hydrogen-bond donors (Lipinski definition) is 1. The zero-order chi connectivity index (χ0) is 24.4. The molecule has 0 saturated carbocycles. The third-order valence-corrected chi connectivity index (χ3v) is 5.73. The van der Waals surface area contributed by atoms with Gasteiger partial charge in [-0.3, -0.25) is 4.79 Å². The molecule has 2 heterocycles. The van der Waals surface area contributed by atoms with Gasteiger partial charge < -0.3 is 14.3 Å².